The van der Waals surface area contributed by atoms with Gasteiger partial charge >= 0.3 is 0 Å². The minimum absolute atomic E-state index is 0.413. The Balaban J connectivity index is 2.89. The molecule has 0 unspecified atom stereocenters. The van der Waals surface area contributed by atoms with Crippen molar-refractivity contribution in [3.63, 3.8) is 0 Å². The van der Waals surface area contributed by atoms with Gasteiger partial charge in [0.25, 0.3) is 0 Å². The molecule has 0 N–H and O–H groups in total. The van der Waals surface area contributed by atoms with Crippen molar-refractivity contribution in [1.29, 1.82) is 0 Å². The van der Waals surface area contributed by atoms with Gasteiger partial charge in [0.2, 0.25) is 0 Å². The number of hydrogen-bond donors (Lipinski definition) is 0. The van der Waals surface area contributed by atoms with Crippen LogP contribution in [0.2, 0.25) is 10.2 Å². The highest BCUT2D eigenvalue weighted by Crippen LogP contribution is 2.33. The van der Waals surface area contributed by atoms with E-state index >= 15 is 0 Å². The summed E-state index contributed by atoms with van der Waals surface area (Å²) >= 11 is 12.2. The van der Waals surface area contributed by atoms with Gasteiger partial charge in [-0.3, -0.25) is 0 Å². The molecule has 0 saturated heterocycles. The van der Waals surface area contributed by atoms with E-state index in [0.717, 1.165) is 10.8 Å². The van der Waals surface area contributed by atoms with Gasteiger partial charge in [0.1, 0.15) is 5.15 Å². The molecule has 0 radical (unpaired) electrons. The average Bonchev–Trinajstić information content (AvgIpc) is 2.17. The molecule has 78 valence electrons. The summed E-state index contributed by atoms with van der Waals surface area (Å²) in [5.74, 6) is 0.413. The van der Waals surface area contributed by atoms with Crippen LogP contribution in [0.1, 0.15) is 25.3 Å². The fraction of sp³-hybridized carbons (Fsp3) is 0.250. The highest BCUT2D eigenvalue weighted by atomic mass is 35.5. The molecule has 3 heteroatoms. The molecule has 0 atom stereocenters. The molecule has 0 saturated carbocycles. The van der Waals surface area contributed by atoms with Crippen LogP contribution in [-0.2, 0) is 0 Å². The molecule has 15 heavy (non-hydrogen) atoms. The summed E-state index contributed by atoms with van der Waals surface area (Å²) in [6.45, 7) is 4.26. The second kappa shape index (κ2) is 3.99. The zero-order valence-electron chi connectivity index (χ0n) is 8.59. The van der Waals surface area contributed by atoms with Gasteiger partial charge in [-0.1, -0.05) is 49.2 Å². The van der Waals surface area contributed by atoms with Crippen LogP contribution in [-0.4, -0.2) is 4.98 Å². The van der Waals surface area contributed by atoms with Crippen molar-refractivity contribution in [3.05, 3.63) is 40.1 Å². The fourth-order valence-corrected chi connectivity index (χ4v) is 2.26. The topological polar surface area (TPSA) is 12.9 Å². The predicted molar refractivity (Wildman–Crippen MR) is 65.9 cm³/mol. The number of nitrogens with zero attached hydrogens (tertiary/aromatic N) is 1. The number of benzene rings is 1. The number of fused-ring (bicyclic) bond motifs is 1. The zero-order valence-corrected chi connectivity index (χ0v) is 10.1. The van der Waals surface area contributed by atoms with Crippen LogP contribution in [0.4, 0.5) is 0 Å². The molecule has 0 bridgehead atoms. The molecule has 2 aromatic rings. The van der Waals surface area contributed by atoms with Crippen LogP contribution < -0.4 is 0 Å². The van der Waals surface area contributed by atoms with E-state index in [1.54, 1.807) is 0 Å². The first-order valence-corrected chi connectivity index (χ1v) is 5.59. The first-order valence-electron chi connectivity index (χ1n) is 4.84. The lowest BCUT2D eigenvalue weighted by Crippen LogP contribution is -1.92. The molecule has 1 heterocycles. The standard InChI is InChI=1S/C12H11Cl2N/c1-7(2)9-6-15-12(14)11-8(9)4-3-5-10(11)13/h3-7H,1-2H3. The Morgan fingerprint density at radius 2 is 1.93 bits per heavy atom. The van der Waals surface area contributed by atoms with Gasteiger partial charge < -0.3 is 0 Å². The lowest BCUT2D eigenvalue weighted by atomic mass is 9.99. The molecule has 0 spiro atoms. The Morgan fingerprint density at radius 1 is 1.20 bits per heavy atom. The summed E-state index contributed by atoms with van der Waals surface area (Å²) in [6, 6.07) is 5.80. The summed E-state index contributed by atoms with van der Waals surface area (Å²) in [6.07, 6.45) is 1.83. The lowest BCUT2D eigenvalue weighted by Gasteiger charge is -2.11. The first-order chi connectivity index (χ1) is 7.11. The molecule has 1 nitrogen and oxygen atoms in total. The molecule has 0 fully saturated rings. The molecule has 0 amide bonds. The second-order valence-corrected chi connectivity index (χ2v) is 4.59. The molecule has 1 aromatic carbocycles. The van der Waals surface area contributed by atoms with Crippen LogP contribution in [0.15, 0.2) is 24.4 Å². The average molecular weight is 240 g/mol. The van der Waals surface area contributed by atoms with Crippen molar-refractivity contribution in [1.82, 2.24) is 4.98 Å². The number of hydrogen-bond acceptors (Lipinski definition) is 1. The fourth-order valence-electron chi connectivity index (χ4n) is 1.69. The first kappa shape index (κ1) is 10.7. The summed E-state index contributed by atoms with van der Waals surface area (Å²) in [5, 5.41) is 3.08. The normalized spacial score (nSPS) is 11.3. The maximum absolute atomic E-state index is 6.11. The molecular weight excluding hydrogens is 229 g/mol. The van der Waals surface area contributed by atoms with E-state index in [0.29, 0.717) is 16.1 Å². The molecule has 0 aliphatic rings. The summed E-state index contributed by atoms with van der Waals surface area (Å²) in [5.41, 5.74) is 1.18. The summed E-state index contributed by atoms with van der Waals surface area (Å²) in [7, 11) is 0. The highest BCUT2D eigenvalue weighted by molar-refractivity contribution is 6.41. The maximum Gasteiger partial charge on any atom is 0.138 e. The van der Waals surface area contributed by atoms with E-state index in [2.05, 4.69) is 18.8 Å². The number of aromatic nitrogens is 1. The van der Waals surface area contributed by atoms with Crippen molar-refractivity contribution >= 4 is 34.0 Å². The second-order valence-electron chi connectivity index (χ2n) is 3.82. The smallest absolute Gasteiger partial charge is 0.138 e. The van der Waals surface area contributed by atoms with E-state index in [1.165, 1.54) is 5.56 Å². The number of rotatable bonds is 1. The van der Waals surface area contributed by atoms with Gasteiger partial charge in [-0.25, -0.2) is 4.98 Å². The predicted octanol–water partition coefficient (Wildman–Crippen LogP) is 4.67. The van der Waals surface area contributed by atoms with Crippen LogP contribution in [0.25, 0.3) is 10.8 Å². The van der Waals surface area contributed by atoms with Gasteiger partial charge in [0.15, 0.2) is 0 Å². The maximum atomic E-state index is 6.11. The molecule has 0 aliphatic heterocycles. The quantitative estimate of drug-likeness (QED) is 0.660. The summed E-state index contributed by atoms with van der Waals surface area (Å²) in [4.78, 5) is 4.17. The molecule has 1 aromatic heterocycles. The lowest BCUT2D eigenvalue weighted by molar-refractivity contribution is 0.869. The van der Waals surface area contributed by atoms with Crippen molar-refractivity contribution in [2.45, 2.75) is 19.8 Å². The van der Waals surface area contributed by atoms with Crippen LogP contribution in [0.5, 0.6) is 0 Å². The summed E-state index contributed by atoms with van der Waals surface area (Å²) < 4.78 is 0. The van der Waals surface area contributed by atoms with Crippen molar-refractivity contribution in [2.75, 3.05) is 0 Å². The van der Waals surface area contributed by atoms with Gasteiger partial charge in [-0.2, -0.15) is 0 Å². The van der Waals surface area contributed by atoms with Crippen LogP contribution in [0.3, 0.4) is 0 Å². The van der Waals surface area contributed by atoms with Gasteiger partial charge in [-0.05, 0) is 22.9 Å². The third kappa shape index (κ3) is 1.82. The van der Waals surface area contributed by atoms with Crippen molar-refractivity contribution < 1.29 is 0 Å². The van der Waals surface area contributed by atoms with Crippen molar-refractivity contribution in [3.8, 4) is 0 Å². The highest BCUT2D eigenvalue weighted by Gasteiger charge is 2.10. The third-order valence-electron chi connectivity index (χ3n) is 2.47. The number of pyridine rings is 1. The molecular formula is C12H11Cl2N. The van der Waals surface area contributed by atoms with Gasteiger partial charge in [0.05, 0.1) is 5.02 Å². The third-order valence-corrected chi connectivity index (χ3v) is 3.07. The Labute approximate surface area is 99.0 Å². The number of halogens is 2. The Hall–Kier alpha value is -0.790. The van der Waals surface area contributed by atoms with E-state index in [1.807, 2.05) is 24.4 Å². The molecule has 2 rings (SSSR count). The SMILES string of the molecule is CC(C)c1cnc(Cl)c2c(Cl)cccc12. The Morgan fingerprint density at radius 3 is 2.60 bits per heavy atom. The minimum Gasteiger partial charge on any atom is -0.244 e. The van der Waals surface area contributed by atoms with E-state index in [4.69, 9.17) is 23.2 Å². The van der Waals surface area contributed by atoms with E-state index in [-0.39, 0.29) is 0 Å². The monoisotopic (exact) mass is 239 g/mol. The van der Waals surface area contributed by atoms with Crippen LogP contribution >= 0.6 is 23.2 Å². The largest absolute Gasteiger partial charge is 0.244 e. The van der Waals surface area contributed by atoms with Gasteiger partial charge in [0, 0.05) is 11.6 Å². The van der Waals surface area contributed by atoms with Gasteiger partial charge in [-0.15, -0.1) is 0 Å². The van der Waals surface area contributed by atoms with Crippen molar-refractivity contribution in [2.24, 2.45) is 0 Å². The van der Waals surface area contributed by atoms with E-state index < -0.39 is 0 Å². The minimum atomic E-state index is 0.413. The Kier molecular flexibility index (Phi) is 2.85. The Bertz CT molecular complexity index is 498. The van der Waals surface area contributed by atoms with Crippen LogP contribution in [0, 0.1) is 0 Å². The zero-order chi connectivity index (χ0) is 11.0. The van der Waals surface area contributed by atoms with E-state index in [9.17, 15) is 0 Å². The molecule has 0 aliphatic carbocycles.